The number of nitrogens with zero attached hydrogens (tertiary/aromatic N) is 2. The molecule has 2 aromatic carbocycles. The molecule has 0 bridgehead atoms. The second-order valence-electron chi connectivity index (χ2n) is 5.81. The third-order valence-corrected chi connectivity index (χ3v) is 4.62. The number of ether oxygens (including phenoxy) is 2. The smallest absolute Gasteiger partial charge is 0.269 e. The number of hydrogen-bond acceptors (Lipinski definition) is 7. The van der Waals surface area contributed by atoms with Gasteiger partial charge in [-0.25, -0.2) is 4.98 Å². The lowest BCUT2D eigenvalue weighted by molar-refractivity contribution is -0.384. The predicted octanol–water partition coefficient (Wildman–Crippen LogP) is 4.05. The molecule has 0 saturated heterocycles. The van der Waals surface area contributed by atoms with Crippen molar-refractivity contribution in [1.29, 1.82) is 0 Å². The number of thiazole rings is 1. The number of methoxy groups -OCH3 is 1. The first kappa shape index (κ1) is 19.3. The van der Waals surface area contributed by atoms with Gasteiger partial charge in [0, 0.05) is 23.1 Å². The molecule has 8 nitrogen and oxygen atoms in total. The van der Waals surface area contributed by atoms with Gasteiger partial charge in [-0.05, 0) is 42.8 Å². The number of aryl methyl sites for hydroxylation is 1. The standard InChI is InChI=1S/C19H17N3O5S/c1-12-9-14(22(24)25)5-8-17(12)27-10-18(23)21-19-20-16(11-28-19)13-3-6-15(26-2)7-4-13/h3-9,11H,10H2,1-2H3,(H,20,21,23). The van der Waals surface area contributed by atoms with Crippen LogP contribution in [0.2, 0.25) is 0 Å². The lowest BCUT2D eigenvalue weighted by Crippen LogP contribution is -2.20. The van der Waals surface area contributed by atoms with Crippen molar-refractivity contribution in [3.8, 4) is 22.8 Å². The van der Waals surface area contributed by atoms with Crippen LogP contribution in [0.25, 0.3) is 11.3 Å². The van der Waals surface area contributed by atoms with Crippen molar-refractivity contribution >= 4 is 28.1 Å². The van der Waals surface area contributed by atoms with Crippen LogP contribution in [0, 0.1) is 17.0 Å². The molecule has 0 fully saturated rings. The molecule has 0 saturated carbocycles. The Kier molecular flexibility index (Phi) is 5.85. The van der Waals surface area contributed by atoms with Crippen LogP contribution in [0.1, 0.15) is 5.56 Å². The Morgan fingerprint density at radius 2 is 2.00 bits per heavy atom. The number of carbonyl (C=O) groups excluding carboxylic acids is 1. The molecule has 1 aromatic heterocycles. The molecule has 0 aliphatic heterocycles. The number of amides is 1. The van der Waals surface area contributed by atoms with E-state index in [1.165, 1.54) is 29.5 Å². The van der Waals surface area contributed by atoms with Crippen LogP contribution in [0.15, 0.2) is 47.8 Å². The normalized spacial score (nSPS) is 10.4. The van der Waals surface area contributed by atoms with Gasteiger partial charge in [0.2, 0.25) is 0 Å². The van der Waals surface area contributed by atoms with E-state index in [4.69, 9.17) is 9.47 Å². The van der Waals surface area contributed by atoms with E-state index in [1.807, 2.05) is 29.6 Å². The Balaban J connectivity index is 1.58. The van der Waals surface area contributed by atoms with Crippen LogP contribution in [-0.4, -0.2) is 29.5 Å². The summed E-state index contributed by atoms with van der Waals surface area (Å²) in [5, 5.41) is 15.7. The van der Waals surface area contributed by atoms with Gasteiger partial charge < -0.3 is 9.47 Å². The molecule has 28 heavy (non-hydrogen) atoms. The third-order valence-electron chi connectivity index (χ3n) is 3.86. The van der Waals surface area contributed by atoms with Gasteiger partial charge in [0.05, 0.1) is 17.7 Å². The van der Waals surface area contributed by atoms with Crippen molar-refractivity contribution in [3.63, 3.8) is 0 Å². The summed E-state index contributed by atoms with van der Waals surface area (Å²) in [6.07, 6.45) is 0. The van der Waals surface area contributed by atoms with Gasteiger partial charge in [-0.2, -0.15) is 0 Å². The quantitative estimate of drug-likeness (QED) is 0.475. The zero-order valence-corrected chi connectivity index (χ0v) is 16.0. The van der Waals surface area contributed by atoms with Crippen molar-refractivity contribution < 1.29 is 19.2 Å². The van der Waals surface area contributed by atoms with E-state index < -0.39 is 4.92 Å². The number of rotatable bonds is 7. The molecule has 0 radical (unpaired) electrons. The van der Waals surface area contributed by atoms with Crippen LogP contribution < -0.4 is 14.8 Å². The Morgan fingerprint density at radius 1 is 1.25 bits per heavy atom. The number of nitro groups is 1. The molecular formula is C19H17N3O5S. The number of nitro benzene ring substituents is 1. The highest BCUT2D eigenvalue weighted by atomic mass is 32.1. The molecule has 3 rings (SSSR count). The van der Waals surface area contributed by atoms with E-state index in [9.17, 15) is 14.9 Å². The number of carbonyl (C=O) groups is 1. The molecule has 1 heterocycles. The zero-order valence-electron chi connectivity index (χ0n) is 15.2. The molecule has 0 aliphatic carbocycles. The minimum Gasteiger partial charge on any atom is -0.497 e. The zero-order chi connectivity index (χ0) is 20.1. The lowest BCUT2D eigenvalue weighted by Gasteiger charge is -2.08. The summed E-state index contributed by atoms with van der Waals surface area (Å²) < 4.78 is 10.6. The summed E-state index contributed by atoms with van der Waals surface area (Å²) in [6.45, 7) is 1.46. The number of nitrogens with one attached hydrogen (secondary N) is 1. The minimum absolute atomic E-state index is 0.0249. The molecule has 144 valence electrons. The topological polar surface area (TPSA) is 104 Å². The third kappa shape index (κ3) is 4.63. The van der Waals surface area contributed by atoms with Crippen molar-refractivity contribution in [2.24, 2.45) is 0 Å². The number of anilines is 1. The Bertz CT molecular complexity index is 1000. The second kappa shape index (κ2) is 8.49. The minimum atomic E-state index is -0.480. The second-order valence-corrected chi connectivity index (χ2v) is 6.67. The maximum absolute atomic E-state index is 12.1. The Labute approximate surface area is 164 Å². The summed E-state index contributed by atoms with van der Waals surface area (Å²) in [7, 11) is 1.60. The Morgan fingerprint density at radius 3 is 2.64 bits per heavy atom. The number of non-ortho nitro benzene ring substituents is 1. The van der Waals surface area contributed by atoms with Crippen LogP contribution in [0.5, 0.6) is 11.5 Å². The molecule has 3 aromatic rings. The van der Waals surface area contributed by atoms with Crippen LogP contribution in [0.4, 0.5) is 10.8 Å². The molecule has 0 atom stereocenters. The maximum atomic E-state index is 12.1. The molecule has 1 amide bonds. The summed E-state index contributed by atoms with van der Waals surface area (Å²) in [5.41, 5.74) is 2.21. The maximum Gasteiger partial charge on any atom is 0.269 e. The highest BCUT2D eigenvalue weighted by Gasteiger charge is 2.12. The summed E-state index contributed by atoms with van der Waals surface area (Å²) in [5.74, 6) is 0.804. The summed E-state index contributed by atoms with van der Waals surface area (Å²) in [4.78, 5) is 26.8. The molecule has 0 spiro atoms. The van der Waals surface area contributed by atoms with Gasteiger partial charge in [-0.1, -0.05) is 0 Å². The first-order valence-corrected chi connectivity index (χ1v) is 9.12. The van der Waals surface area contributed by atoms with Gasteiger partial charge in [0.25, 0.3) is 11.6 Å². The van der Waals surface area contributed by atoms with E-state index in [2.05, 4.69) is 10.3 Å². The lowest BCUT2D eigenvalue weighted by atomic mass is 10.2. The van der Waals surface area contributed by atoms with E-state index in [0.29, 0.717) is 16.4 Å². The van der Waals surface area contributed by atoms with Crippen LogP contribution >= 0.6 is 11.3 Å². The van der Waals surface area contributed by atoms with Crippen molar-refractivity contribution in [2.45, 2.75) is 6.92 Å². The van der Waals surface area contributed by atoms with Crippen molar-refractivity contribution in [1.82, 2.24) is 4.98 Å². The van der Waals surface area contributed by atoms with Crippen LogP contribution in [0.3, 0.4) is 0 Å². The van der Waals surface area contributed by atoms with Crippen molar-refractivity contribution in [3.05, 3.63) is 63.5 Å². The van der Waals surface area contributed by atoms with Crippen molar-refractivity contribution in [2.75, 3.05) is 19.0 Å². The van der Waals surface area contributed by atoms with Gasteiger partial charge in [0.15, 0.2) is 11.7 Å². The van der Waals surface area contributed by atoms with Gasteiger partial charge in [0.1, 0.15) is 11.5 Å². The number of aromatic nitrogens is 1. The fraction of sp³-hybridized carbons (Fsp3) is 0.158. The molecule has 0 aliphatic rings. The molecule has 9 heteroatoms. The first-order chi connectivity index (χ1) is 13.5. The Hall–Kier alpha value is -3.46. The predicted molar refractivity (Wildman–Crippen MR) is 106 cm³/mol. The number of hydrogen-bond donors (Lipinski definition) is 1. The van der Waals surface area contributed by atoms with Gasteiger partial charge in [-0.15, -0.1) is 11.3 Å². The average Bonchev–Trinajstić information content (AvgIpc) is 3.15. The van der Waals surface area contributed by atoms with E-state index in [0.717, 1.165) is 17.0 Å². The summed E-state index contributed by atoms with van der Waals surface area (Å²) in [6, 6.07) is 11.7. The van der Waals surface area contributed by atoms with E-state index in [1.54, 1.807) is 14.0 Å². The molecule has 0 unspecified atom stereocenters. The highest BCUT2D eigenvalue weighted by molar-refractivity contribution is 7.14. The highest BCUT2D eigenvalue weighted by Crippen LogP contribution is 2.27. The van der Waals surface area contributed by atoms with Gasteiger partial charge >= 0.3 is 0 Å². The SMILES string of the molecule is COc1ccc(-c2csc(NC(=O)COc3ccc([N+](=O)[O-])cc3C)n2)cc1. The number of benzene rings is 2. The molecular weight excluding hydrogens is 382 g/mol. The summed E-state index contributed by atoms with van der Waals surface area (Å²) >= 11 is 1.31. The average molecular weight is 399 g/mol. The monoisotopic (exact) mass is 399 g/mol. The fourth-order valence-corrected chi connectivity index (χ4v) is 3.17. The first-order valence-electron chi connectivity index (χ1n) is 8.24. The fourth-order valence-electron chi connectivity index (χ4n) is 2.43. The van der Waals surface area contributed by atoms with Crippen LogP contribution in [-0.2, 0) is 4.79 Å². The molecule has 1 N–H and O–H groups in total. The van der Waals surface area contributed by atoms with Gasteiger partial charge in [-0.3, -0.25) is 20.2 Å². The largest absolute Gasteiger partial charge is 0.497 e. The van der Waals surface area contributed by atoms with E-state index in [-0.39, 0.29) is 18.2 Å². The van der Waals surface area contributed by atoms with E-state index >= 15 is 0 Å².